The fourth-order valence-corrected chi connectivity index (χ4v) is 4.99. The van der Waals surface area contributed by atoms with Gasteiger partial charge in [-0.2, -0.15) is 0 Å². The summed E-state index contributed by atoms with van der Waals surface area (Å²) >= 11 is 0. The van der Waals surface area contributed by atoms with Crippen molar-refractivity contribution in [2.45, 2.75) is 97.0 Å². The molecule has 0 unspecified atom stereocenters. The Balaban J connectivity index is 2.33. The van der Waals surface area contributed by atoms with Crippen molar-refractivity contribution < 1.29 is 75.5 Å². The molecular formula is C27H43FN3O17P. The summed E-state index contributed by atoms with van der Waals surface area (Å²) in [6, 6.07) is -0.217. The van der Waals surface area contributed by atoms with E-state index < -0.39 is 113 Å². The predicted octanol–water partition coefficient (Wildman–Crippen LogP) is 1.04. The topological polar surface area (TPSA) is 262 Å². The van der Waals surface area contributed by atoms with Crippen LogP contribution in [0.1, 0.15) is 54.7 Å². The van der Waals surface area contributed by atoms with Crippen molar-refractivity contribution in [3.05, 3.63) is 33.1 Å². The number of aliphatic hydroxyl groups excluding tert-OH is 1. The molecule has 5 atom stereocenters. The zero-order valence-electron chi connectivity index (χ0n) is 28.0. The monoisotopic (exact) mass is 731 g/mol. The lowest BCUT2D eigenvalue weighted by Gasteiger charge is -2.31. The molecular weight excluding hydrogens is 688 g/mol. The maximum absolute atomic E-state index is 14.7. The van der Waals surface area contributed by atoms with Gasteiger partial charge in [0.15, 0.2) is 18.6 Å². The minimum absolute atomic E-state index is 0.329. The average Bonchev–Trinajstić information content (AvgIpc) is 3.19. The summed E-state index contributed by atoms with van der Waals surface area (Å²) in [5.74, 6) is -1.24. The number of esters is 1. The fourth-order valence-electron chi connectivity index (χ4n) is 4.02. The number of ether oxygens (including phenoxy) is 6. The molecule has 1 aliphatic rings. The number of aromatic nitrogens is 2. The Kier molecular flexibility index (Phi) is 14.9. The Labute approximate surface area is 279 Å². The average molecular weight is 732 g/mol. The van der Waals surface area contributed by atoms with Crippen LogP contribution < -0.4 is 17.0 Å². The molecule has 49 heavy (non-hydrogen) atoms. The van der Waals surface area contributed by atoms with Gasteiger partial charge in [0.1, 0.15) is 24.4 Å². The van der Waals surface area contributed by atoms with Crippen LogP contribution in [0.5, 0.6) is 0 Å². The van der Waals surface area contributed by atoms with E-state index in [1.807, 2.05) is 0 Å². The molecule has 2 rings (SSSR count). The Bertz CT molecular complexity index is 1430. The number of nitrogens with zero attached hydrogens (tertiary/aromatic N) is 2. The first-order chi connectivity index (χ1) is 22.7. The van der Waals surface area contributed by atoms with Crippen molar-refractivity contribution in [3.63, 3.8) is 0 Å². The van der Waals surface area contributed by atoms with Crippen LogP contribution in [-0.2, 0) is 58.1 Å². The second kappa shape index (κ2) is 17.5. The molecule has 1 aromatic heterocycles. The highest BCUT2D eigenvalue weighted by Crippen LogP contribution is 2.52. The molecule has 22 heteroatoms. The number of hydrogen-bond donors (Lipinski definition) is 3. The number of carbonyl (C=O) groups is 3. The zero-order valence-corrected chi connectivity index (χ0v) is 28.9. The van der Waals surface area contributed by atoms with Crippen LogP contribution in [0, 0.1) is 5.92 Å². The second-order valence-electron chi connectivity index (χ2n) is 11.8. The molecule has 0 saturated carbocycles. The van der Waals surface area contributed by atoms with Gasteiger partial charge in [0.25, 0.3) is 5.56 Å². The smallest absolute Gasteiger partial charge is 0.442 e. The van der Waals surface area contributed by atoms with E-state index in [2.05, 4.69) is 9.47 Å². The molecule has 280 valence electrons. The van der Waals surface area contributed by atoms with Gasteiger partial charge in [-0.05, 0) is 40.5 Å². The Morgan fingerprint density at radius 1 is 1.00 bits per heavy atom. The first-order valence-corrected chi connectivity index (χ1v) is 16.2. The van der Waals surface area contributed by atoms with Crippen LogP contribution in [0.2, 0.25) is 0 Å². The highest BCUT2D eigenvalue weighted by atomic mass is 31.2. The summed E-state index contributed by atoms with van der Waals surface area (Å²) < 4.78 is 73.6. The van der Waals surface area contributed by atoms with Crippen molar-refractivity contribution in [1.82, 2.24) is 9.13 Å². The summed E-state index contributed by atoms with van der Waals surface area (Å²) in [5.41, 5.74) is -1.50. The van der Waals surface area contributed by atoms with E-state index in [1.54, 1.807) is 13.8 Å². The molecule has 2 heterocycles. The molecule has 0 radical (unpaired) electrons. The van der Waals surface area contributed by atoms with E-state index in [9.17, 15) is 43.1 Å². The molecule has 0 spiro atoms. The molecule has 0 aliphatic carbocycles. The summed E-state index contributed by atoms with van der Waals surface area (Å²) in [5, 5.41) is 22.3. The Morgan fingerprint density at radius 3 is 2.00 bits per heavy atom. The van der Waals surface area contributed by atoms with E-state index in [1.165, 1.54) is 27.7 Å². The number of nitrogens with two attached hydrogens (primary N) is 1. The largest absolute Gasteiger partial charge is 0.510 e. The van der Waals surface area contributed by atoms with Gasteiger partial charge in [0.2, 0.25) is 13.6 Å². The molecule has 0 bridgehead atoms. The van der Waals surface area contributed by atoms with E-state index in [-0.39, 0.29) is 5.92 Å². The summed E-state index contributed by atoms with van der Waals surface area (Å²) in [6.45, 7) is 4.33. The fraction of sp³-hybridized carbons (Fsp3) is 0.741. The van der Waals surface area contributed by atoms with Gasteiger partial charge in [-0.1, -0.05) is 13.8 Å². The number of aliphatic hydroxyl groups is 2. The summed E-state index contributed by atoms with van der Waals surface area (Å²) in [4.78, 5) is 61.4. The van der Waals surface area contributed by atoms with Crippen LogP contribution in [0.15, 0.2) is 21.9 Å². The van der Waals surface area contributed by atoms with Crippen LogP contribution in [0.25, 0.3) is 0 Å². The van der Waals surface area contributed by atoms with Gasteiger partial charge in [-0.3, -0.25) is 18.7 Å². The van der Waals surface area contributed by atoms with Crippen LogP contribution >= 0.6 is 7.82 Å². The van der Waals surface area contributed by atoms with Gasteiger partial charge >= 0.3 is 31.8 Å². The van der Waals surface area contributed by atoms with Crippen LogP contribution in [-0.4, -0.2) is 100 Å². The lowest BCUT2D eigenvalue weighted by Crippen LogP contribution is -2.53. The molecule has 20 nitrogen and oxygen atoms in total. The van der Waals surface area contributed by atoms with Crippen molar-refractivity contribution in [2.24, 2.45) is 11.7 Å². The number of alkyl halides is 1. The van der Waals surface area contributed by atoms with E-state index in [4.69, 9.17) is 38.3 Å². The zero-order chi connectivity index (χ0) is 37.3. The highest BCUT2D eigenvalue weighted by Gasteiger charge is 2.63. The quantitative estimate of drug-likeness (QED) is 0.0874. The molecule has 1 fully saturated rings. The second-order valence-corrected chi connectivity index (χ2v) is 13.4. The third kappa shape index (κ3) is 11.0. The van der Waals surface area contributed by atoms with Crippen LogP contribution in [0.3, 0.4) is 0 Å². The standard InChI is InChI=1S/C27H43FN3O17P/c1-15(2)19(29)20(33)40-12-31-18(32)8-9-30(23(31)35)22-26(7,38)21(34)27(10-28,48-22)11-43-49(39,44-13-41-24(36)46-16(3)4)45-14-42-25(37)47-17(5)6/h8-9,15-17,19,21-22,34,38H,10-14,29H2,1-7H3/t19-,21-,22+,26+,27+/m0/s1. The van der Waals surface area contributed by atoms with Crippen LogP contribution in [0.4, 0.5) is 14.0 Å². The van der Waals surface area contributed by atoms with Crippen molar-refractivity contribution in [1.29, 1.82) is 0 Å². The van der Waals surface area contributed by atoms with Crippen molar-refractivity contribution >= 4 is 26.1 Å². The van der Waals surface area contributed by atoms with E-state index in [0.717, 1.165) is 19.2 Å². The van der Waals surface area contributed by atoms with Gasteiger partial charge in [-0.15, -0.1) is 0 Å². The Morgan fingerprint density at radius 2 is 1.53 bits per heavy atom. The SMILES string of the molecule is CC(C)OC(=O)OCOP(=O)(OCOC(=O)OC(C)C)OC[C@@]1(CF)O[C@@H](n2ccc(=O)n(COC(=O)[C@@H](N)C(C)C)c2=O)[C@](C)(O)[C@@H]1O. The number of halogens is 1. The molecule has 0 aromatic carbocycles. The van der Waals surface area contributed by atoms with Gasteiger partial charge < -0.3 is 44.4 Å². The first kappa shape index (κ1) is 41.7. The number of phosphoric acid groups is 1. The van der Waals surface area contributed by atoms with E-state index >= 15 is 0 Å². The third-order valence-electron chi connectivity index (χ3n) is 6.70. The lowest BCUT2D eigenvalue weighted by molar-refractivity contribution is -0.151. The normalized spacial score (nSPS) is 23.1. The molecule has 1 aromatic rings. The molecule has 0 amide bonds. The minimum atomic E-state index is -5.00. The first-order valence-electron chi connectivity index (χ1n) is 14.8. The number of rotatable bonds is 17. The third-order valence-corrected chi connectivity index (χ3v) is 7.99. The van der Waals surface area contributed by atoms with Crippen molar-refractivity contribution in [3.8, 4) is 0 Å². The maximum atomic E-state index is 14.7. The van der Waals surface area contributed by atoms with Gasteiger partial charge in [0, 0.05) is 12.3 Å². The predicted molar refractivity (Wildman–Crippen MR) is 160 cm³/mol. The molecule has 1 saturated heterocycles. The highest BCUT2D eigenvalue weighted by molar-refractivity contribution is 7.48. The van der Waals surface area contributed by atoms with E-state index in [0.29, 0.717) is 9.13 Å². The number of hydrogen-bond acceptors (Lipinski definition) is 18. The van der Waals surface area contributed by atoms with Crippen molar-refractivity contribution in [2.75, 3.05) is 26.9 Å². The Hall–Kier alpha value is -3.43. The molecule has 1 aliphatic heterocycles. The lowest BCUT2D eigenvalue weighted by atomic mass is 9.88. The van der Waals surface area contributed by atoms with Gasteiger partial charge in [-0.25, -0.2) is 37.0 Å². The molecule has 4 N–H and O–H groups in total. The minimum Gasteiger partial charge on any atom is -0.442 e. The number of carbonyl (C=O) groups excluding carboxylic acids is 3. The number of phosphoric ester groups is 1. The summed E-state index contributed by atoms with van der Waals surface area (Å²) in [6.07, 6.45) is -6.95. The van der Waals surface area contributed by atoms with Gasteiger partial charge in [0.05, 0.1) is 18.8 Å². The summed E-state index contributed by atoms with van der Waals surface area (Å²) in [7, 11) is -5.00. The maximum Gasteiger partial charge on any atom is 0.510 e.